The van der Waals surface area contributed by atoms with E-state index in [4.69, 9.17) is 5.73 Å². The van der Waals surface area contributed by atoms with Gasteiger partial charge in [0.25, 0.3) is 0 Å². The molecule has 0 bridgehead atoms. The lowest BCUT2D eigenvalue weighted by Gasteiger charge is -2.27. The predicted molar refractivity (Wildman–Crippen MR) is 130 cm³/mol. The third kappa shape index (κ3) is 6.29. The molecule has 2 heterocycles. The molecular weight excluding hydrogens is 458 g/mol. The van der Waals surface area contributed by atoms with E-state index >= 15 is 0 Å². The van der Waals surface area contributed by atoms with E-state index < -0.39 is 41.8 Å². The lowest BCUT2D eigenvalue weighted by atomic mass is 10.1. The molecule has 3 rings (SSSR count). The maximum Gasteiger partial charge on any atom is 0.326 e. The number of aliphatic carboxylic acids is 1. The smallest absolute Gasteiger partial charge is 0.326 e. The van der Waals surface area contributed by atoms with Gasteiger partial charge in [0, 0.05) is 23.6 Å². The van der Waals surface area contributed by atoms with Gasteiger partial charge in [0.15, 0.2) is 0 Å². The predicted octanol–water partition coefficient (Wildman–Crippen LogP) is 0.467. The maximum atomic E-state index is 13.0. The van der Waals surface area contributed by atoms with Crippen LogP contribution in [-0.4, -0.2) is 81.9 Å². The second kappa shape index (κ2) is 11.9. The molecule has 10 nitrogen and oxygen atoms in total. The van der Waals surface area contributed by atoms with Crippen LogP contribution in [0.2, 0.25) is 0 Å². The van der Waals surface area contributed by atoms with Crippen LogP contribution in [0.25, 0.3) is 10.9 Å². The van der Waals surface area contributed by atoms with Gasteiger partial charge in [0.05, 0.1) is 12.6 Å². The summed E-state index contributed by atoms with van der Waals surface area (Å²) in [5, 5.41) is 15.5. The highest BCUT2D eigenvalue weighted by molar-refractivity contribution is 7.98. The average Bonchev–Trinajstić information content (AvgIpc) is 3.47. The molecule has 184 valence electrons. The van der Waals surface area contributed by atoms with Crippen LogP contribution in [0.1, 0.15) is 24.8 Å². The number of aromatic nitrogens is 1. The molecule has 34 heavy (non-hydrogen) atoms. The summed E-state index contributed by atoms with van der Waals surface area (Å²) in [6.07, 6.45) is 5.37. The monoisotopic (exact) mass is 489 g/mol. The molecule has 3 amide bonds. The van der Waals surface area contributed by atoms with Gasteiger partial charge in [0.1, 0.15) is 12.1 Å². The van der Waals surface area contributed by atoms with Gasteiger partial charge in [0.2, 0.25) is 17.7 Å². The molecule has 3 atom stereocenters. The minimum absolute atomic E-state index is 0.303. The summed E-state index contributed by atoms with van der Waals surface area (Å²) in [5.74, 6) is -1.84. The highest BCUT2D eigenvalue weighted by Gasteiger charge is 2.37. The lowest BCUT2D eigenvalue weighted by molar-refractivity contribution is -0.149. The van der Waals surface area contributed by atoms with Crippen LogP contribution >= 0.6 is 11.8 Å². The van der Waals surface area contributed by atoms with Gasteiger partial charge in [-0.2, -0.15) is 11.8 Å². The summed E-state index contributed by atoms with van der Waals surface area (Å²) < 4.78 is 0. The quantitative estimate of drug-likeness (QED) is 0.307. The Hall–Kier alpha value is -3.05. The molecule has 6 N–H and O–H groups in total. The molecule has 3 unspecified atom stereocenters. The number of hydrogen-bond donors (Lipinski definition) is 5. The van der Waals surface area contributed by atoms with Crippen LogP contribution in [0.3, 0.4) is 0 Å². The van der Waals surface area contributed by atoms with Crippen molar-refractivity contribution in [2.45, 2.75) is 43.8 Å². The van der Waals surface area contributed by atoms with E-state index in [0.29, 0.717) is 38.0 Å². The van der Waals surface area contributed by atoms with E-state index in [2.05, 4.69) is 15.6 Å². The number of hydrogen-bond acceptors (Lipinski definition) is 6. The van der Waals surface area contributed by atoms with Gasteiger partial charge < -0.3 is 31.4 Å². The number of H-pyrrole nitrogens is 1. The Labute approximate surface area is 202 Å². The van der Waals surface area contributed by atoms with E-state index in [-0.39, 0.29) is 6.54 Å². The number of carbonyl (C=O) groups excluding carboxylic acids is 3. The van der Waals surface area contributed by atoms with Crippen LogP contribution in [-0.2, 0) is 25.6 Å². The molecule has 1 aromatic carbocycles. The SMILES string of the molecule is CSCCC(NC(=O)CNC(=O)C(N)Cc1c[nH]c2ccccc12)C(=O)N1CCCC1C(=O)O. The number of fused-ring (bicyclic) bond motifs is 1. The minimum Gasteiger partial charge on any atom is -0.480 e. The number of nitrogens with zero attached hydrogens (tertiary/aromatic N) is 1. The highest BCUT2D eigenvalue weighted by atomic mass is 32.2. The summed E-state index contributed by atoms with van der Waals surface area (Å²) in [7, 11) is 0. The number of carbonyl (C=O) groups is 4. The van der Waals surface area contributed by atoms with E-state index in [1.165, 1.54) is 16.7 Å². The summed E-state index contributed by atoms with van der Waals surface area (Å²) in [6, 6.07) is 5.13. The Morgan fingerprint density at radius 2 is 2.06 bits per heavy atom. The fourth-order valence-corrected chi connectivity index (χ4v) is 4.63. The van der Waals surface area contributed by atoms with E-state index in [1.54, 1.807) is 0 Å². The Kier molecular flexibility index (Phi) is 8.94. The third-order valence-corrected chi connectivity index (χ3v) is 6.58. The number of para-hydroxylation sites is 1. The molecule has 0 aliphatic carbocycles. The van der Waals surface area contributed by atoms with E-state index in [1.807, 2.05) is 36.7 Å². The van der Waals surface area contributed by atoms with Gasteiger partial charge in [-0.1, -0.05) is 18.2 Å². The summed E-state index contributed by atoms with van der Waals surface area (Å²) in [4.78, 5) is 53.8. The van der Waals surface area contributed by atoms with Crippen molar-refractivity contribution in [1.82, 2.24) is 20.5 Å². The Balaban J connectivity index is 1.53. The third-order valence-electron chi connectivity index (χ3n) is 5.94. The molecule has 1 aliphatic rings. The fraction of sp³-hybridized carbons (Fsp3) is 0.478. The average molecular weight is 490 g/mol. The Morgan fingerprint density at radius 3 is 2.79 bits per heavy atom. The number of likely N-dealkylation sites (tertiary alicyclic amines) is 1. The van der Waals surface area contributed by atoms with Crippen molar-refractivity contribution >= 4 is 46.4 Å². The first-order valence-electron chi connectivity index (χ1n) is 11.2. The van der Waals surface area contributed by atoms with Crippen LogP contribution in [0.15, 0.2) is 30.5 Å². The molecular formula is C23H31N5O5S. The first kappa shape index (κ1) is 25.6. The van der Waals surface area contributed by atoms with Crippen molar-refractivity contribution in [3.8, 4) is 0 Å². The molecule has 1 aromatic heterocycles. The molecule has 0 spiro atoms. The molecule has 0 radical (unpaired) electrons. The fourth-order valence-electron chi connectivity index (χ4n) is 4.15. The minimum atomic E-state index is -1.04. The number of nitrogens with two attached hydrogens (primary N) is 1. The van der Waals surface area contributed by atoms with Gasteiger partial charge in [-0.15, -0.1) is 0 Å². The number of thioether (sulfide) groups is 1. The number of rotatable bonds is 11. The maximum absolute atomic E-state index is 13.0. The number of nitrogens with one attached hydrogen (secondary N) is 3. The number of aromatic amines is 1. The van der Waals surface area contributed by atoms with Crippen molar-refractivity contribution in [2.75, 3.05) is 25.1 Å². The molecule has 0 saturated carbocycles. The highest BCUT2D eigenvalue weighted by Crippen LogP contribution is 2.20. The Bertz CT molecular complexity index is 1040. The zero-order valence-electron chi connectivity index (χ0n) is 19.1. The normalized spacial score (nSPS) is 17.4. The van der Waals surface area contributed by atoms with Crippen LogP contribution < -0.4 is 16.4 Å². The topological polar surface area (TPSA) is 158 Å². The van der Waals surface area contributed by atoms with E-state index in [0.717, 1.165) is 16.5 Å². The summed E-state index contributed by atoms with van der Waals surface area (Å²) in [6.45, 7) is 0.0205. The van der Waals surface area contributed by atoms with Crippen LogP contribution in [0.4, 0.5) is 0 Å². The first-order valence-corrected chi connectivity index (χ1v) is 12.6. The molecule has 11 heteroatoms. The standard InChI is InChI=1S/C23H31N5O5S/c1-34-10-8-18(22(31)28-9-4-7-19(28)23(32)33)27-20(29)13-26-21(30)16(24)11-14-12-25-17-6-3-2-5-15(14)17/h2-3,5-6,12,16,18-19,25H,4,7-11,13,24H2,1H3,(H,26,30)(H,27,29)(H,32,33). The van der Waals surface area contributed by atoms with Crippen molar-refractivity contribution < 1.29 is 24.3 Å². The van der Waals surface area contributed by atoms with Crippen LogP contribution in [0.5, 0.6) is 0 Å². The molecule has 2 aromatic rings. The zero-order chi connectivity index (χ0) is 24.7. The second-order valence-electron chi connectivity index (χ2n) is 8.32. The number of amides is 3. The zero-order valence-corrected chi connectivity index (χ0v) is 19.9. The molecule has 1 fully saturated rings. The summed E-state index contributed by atoms with van der Waals surface area (Å²) in [5.41, 5.74) is 7.91. The lowest BCUT2D eigenvalue weighted by Crippen LogP contribution is -2.54. The number of carboxylic acids is 1. The Morgan fingerprint density at radius 1 is 1.29 bits per heavy atom. The first-order chi connectivity index (χ1) is 16.3. The van der Waals surface area contributed by atoms with Crippen molar-refractivity contribution in [2.24, 2.45) is 5.73 Å². The van der Waals surface area contributed by atoms with Crippen LogP contribution in [0, 0.1) is 0 Å². The van der Waals surface area contributed by atoms with Crippen molar-refractivity contribution in [3.05, 3.63) is 36.0 Å². The number of benzene rings is 1. The van der Waals surface area contributed by atoms with Crippen molar-refractivity contribution in [3.63, 3.8) is 0 Å². The van der Waals surface area contributed by atoms with E-state index in [9.17, 15) is 24.3 Å². The number of carboxylic acid groups (broad SMARTS) is 1. The van der Waals surface area contributed by atoms with Gasteiger partial charge in [-0.05, 0) is 49.3 Å². The largest absolute Gasteiger partial charge is 0.480 e. The van der Waals surface area contributed by atoms with Gasteiger partial charge in [-0.3, -0.25) is 14.4 Å². The molecule has 1 saturated heterocycles. The second-order valence-corrected chi connectivity index (χ2v) is 9.30. The van der Waals surface area contributed by atoms with Crippen molar-refractivity contribution in [1.29, 1.82) is 0 Å². The van der Waals surface area contributed by atoms with Gasteiger partial charge in [-0.25, -0.2) is 4.79 Å². The summed E-state index contributed by atoms with van der Waals surface area (Å²) >= 11 is 1.52. The van der Waals surface area contributed by atoms with Gasteiger partial charge >= 0.3 is 5.97 Å². The molecule has 1 aliphatic heterocycles.